The molecule has 1 aromatic rings. The van der Waals surface area contributed by atoms with Crippen molar-refractivity contribution in [1.82, 2.24) is 10.2 Å². The van der Waals surface area contributed by atoms with E-state index in [2.05, 4.69) is 32.7 Å². The average Bonchev–Trinajstić information content (AvgIpc) is 3.04. The van der Waals surface area contributed by atoms with Gasteiger partial charge in [-0.2, -0.15) is 0 Å². The molecule has 1 aromatic heterocycles. The molecule has 2 fully saturated rings. The summed E-state index contributed by atoms with van der Waals surface area (Å²) in [5.41, 5.74) is -0.124. The quantitative estimate of drug-likeness (QED) is 0.901. The van der Waals surface area contributed by atoms with Crippen molar-refractivity contribution in [2.75, 3.05) is 20.1 Å². The highest BCUT2D eigenvalue weighted by Crippen LogP contribution is 2.45. The molecule has 0 unspecified atom stereocenters. The molecule has 1 aliphatic carbocycles. The molecule has 1 aliphatic heterocycles. The molecule has 2 aliphatic rings. The van der Waals surface area contributed by atoms with Crippen LogP contribution in [0.2, 0.25) is 0 Å². The van der Waals surface area contributed by atoms with Crippen LogP contribution in [0, 0.1) is 11.3 Å². The fraction of sp³-hybridized carbons (Fsp3) is 0.667. The van der Waals surface area contributed by atoms with Crippen molar-refractivity contribution in [1.29, 1.82) is 0 Å². The number of rotatable bonds is 3. The van der Waals surface area contributed by atoms with Crippen molar-refractivity contribution in [2.45, 2.75) is 32.2 Å². The number of amides is 1. The third kappa shape index (κ3) is 2.55. The van der Waals surface area contributed by atoms with Crippen LogP contribution < -0.4 is 5.32 Å². The summed E-state index contributed by atoms with van der Waals surface area (Å²) < 4.78 is 1.11. The van der Waals surface area contributed by atoms with Gasteiger partial charge in [-0.25, -0.2) is 0 Å². The topological polar surface area (TPSA) is 32.3 Å². The van der Waals surface area contributed by atoms with E-state index in [0.717, 1.165) is 30.5 Å². The van der Waals surface area contributed by atoms with E-state index in [1.165, 1.54) is 24.1 Å². The van der Waals surface area contributed by atoms with E-state index in [9.17, 15) is 4.79 Å². The predicted molar refractivity (Wildman–Crippen MR) is 85.8 cm³/mol. The minimum Gasteiger partial charge on any atom is -0.340 e. The summed E-state index contributed by atoms with van der Waals surface area (Å²) >= 11 is 5.18. The van der Waals surface area contributed by atoms with Crippen LogP contribution in [0.25, 0.3) is 0 Å². The second kappa shape index (κ2) is 5.78. The third-order valence-corrected chi connectivity index (χ3v) is 6.51. The summed E-state index contributed by atoms with van der Waals surface area (Å²) in [6.07, 6.45) is 4.74. The van der Waals surface area contributed by atoms with Crippen molar-refractivity contribution in [3.63, 3.8) is 0 Å². The van der Waals surface area contributed by atoms with E-state index < -0.39 is 0 Å². The number of nitrogens with zero attached hydrogens (tertiary/aromatic N) is 1. The van der Waals surface area contributed by atoms with Gasteiger partial charge in [-0.3, -0.25) is 4.79 Å². The van der Waals surface area contributed by atoms with Crippen LogP contribution >= 0.6 is 27.3 Å². The Hall–Kier alpha value is -0.390. The Kier molecular flexibility index (Phi) is 4.20. The molecular weight excluding hydrogens is 336 g/mol. The van der Waals surface area contributed by atoms with Crippen LogP contribution in [0.1, 0.15) is 30.6 Å². The van der Waals surface area contributed by atoms with Gasteiger partial charge in [-0.15, -0.1) is 11.3 Å². The Morgan fingerprint density at radius 3 is 3.20 bits per heavy atom. The van der Waals surface area contributed by atoms with Crippen LogP contribution in [0.15, 0.2) is 15.9 Å². The minimum absolute atomic E-state index is 0.124. The van der Waals surface area contributed by atoms with Crippen molar-refractivity contribution < 1.29 is 4.79 Å². The molecule has 2 atom stereocenters. The molecule has 110 valence electrons. The van der Waals surface area contributed by atoms with E-state index in [0.29, 0.717) is 11.8 Å². The van der Waals surface area contributed by atoms with E-state index >= 15 is 0 Å². The van der Waals surface area contributed by atoms with Crippen LogP contribution in [0.3, 0.4) is 0 Å². The molecule has 1 saturated carbocycles. The largest absolute Gasteiger partial charge is 0.340 e. The lowest BCUT2D eigenvalue weighted by Gasteiger charge is -2.39. The summed E-state index contributed by atoms with van der Waals surface area (Å²) in [5, 5.41) is 5.53. The maximum absolute atomic E-state index is 13.0. The van der Waals surface area contributed by atoms with Crippen molar-refractivity contribution >= 4 is 33.2 Å². The Labute approximate surface area is 132 Å². The summed E-state index contributed by atoms with van der Waals surface area (Å²) in [6.45, 7) is 2.61. The Morgan fingerprint density at radius 2 is 2.45 bits per heavy atom. The molecule has 1 amide bonds. The summed E-state index contributed by atoms with van der Waals surface area (Å²) in [7, 11) is 1.95. The lowest BCUT2D eigenvalue weighted by Crippen LogP contribution is -2.48. The van der Waals surface area contributed by atoms with Gasteiger partial charge in [-0.1, -0.05) is 12.8 Å². The molecule has 1 saturated heterocycles. The number of fused-ring (bicyclic) bond motifs is 1. The van der Waals surface area contributed by atoms with Crippen LogP contribution in [0.5, 0.6) is 0 Å². The average molecular weight is 357 g/mol. The van der Waals surface area contributed by atoms with Gasteiger partial charge in [0.15, 0.2) is 0 Å². The van der Waals surface area contributed by atoms with Gasteiger partial charge < -0.3 is 10.2 Å². The van der Waals surface area contributed by atoms with Crippen LogP contribution in [-0.2, 0) is 11.3 Å². The molecule has 0 spiro atoms. The Morgan fingerprint density at radius 1 is 1.60 bits per heavy atom. The van der Waals surface area contributed by atoms with Gasteiger partial charge >= 0.3 is 0 Å². The summed E-state index contributed by atoms with van der Waals surface area (Å²) in [4.78, 5) is 16.2. The zero-order valence-corrected chi connectivity index (χ0v) is 14.2. The van der Waals surface area contributed by atoms with Crippen molar-refractivity contribution in [2.24, 2.45) is 11.3 Å². The minimum atomic E-state index is -0.124. The fourth-order valence-corrected chi connectivity index (χ4v) is 5.29. The van der Waals surface area contributed by atoms with Gasteiger partial charge in [0.1, 0.15) is 0 Å². The van der Waals surface area contributed by atoms with Gasteiger partial charge in [0, 0.05) is 28.3 Å². The zero-order valence-electron chi connectivity index (χ0n) is 11.8. The Bertz CT molecular complexity index is 504. The third-order valence-electron chi connectivity index (χ3n) is 4.83. The standard InChI is InChI=1S/C15H21BrN2OS/c1-18(8-13-6-12(16)9-20-13)14(19)15-5-3-2-4-11(15)7-17-10-15/h6,9,11,17H,2-5,7-8,10H2,1H3/t11-,15+/m0/s1. The Balaban J connectivity index is 1.73. The molecule has 0 bridgehead atoms. The smallest absolute Gasteiger partial charge is 0.230 e. The molecule has 20 heavy (non-hydrogen) atoms. The first kappa shape index (κ1) is 14.5. The number of thiophene rings is 1. The fourth-order valence-electron chi connectivity index (χ4n) is 3.79. The molecular formula is C15H21BrN2OS. The molecule has 1 N–H and O–H groups in total. The molecule has 2 heterocycles. The highest BCUT2D eigenvalue weighted by Gasteiger charge is 2.50. The monoisotopic (exact) mass is 356 g/mol. The lowest BCUT2D eigenvalue weighted by atomic mass is 9.67. The first-order chi connectivity index (χ1) is 9.62. The number of nitrogens with one attached hydrogen (secondary N) is 1. The van der Waals surface area contributed by atoms with Crippen molar-refractivity contribution in [3.05, 3.63) is 20.8 Å². The van der Waals surface area contributed by atoms with E-state index in [1.807, 2.05) is 11.9 Å². The lowest BCUT2D eigenvalue weighted by molar-refractivity contribution is -0.144. The van der Waals surface area contributed by atoms with Crippen molar-refractivity contribution in [3.8, 4) is 0 Å². The number of carbonyl (C=O) groups excluding carboxylic acids is 1. The van der Waals surface area contributed by atoms with Gasteiger partial charge in [-0.05, 0) is 47.3 Å². The maximum atomic E-state index is 13.0. The SMILES string of the molecule is CN(Cc1cc(Br)cs1)C(=O)[C@@]12CCCC[C@H]1CNC2. The molecule has 3 rings (SSSR count). The second-order valence-corrected chi connectivity index (χ2v) is 8.03. The predicted octanol–water partition coefficient (Wildman–Crippen LogP) is 3.25. The molecule has 0 radical (unpaired) electrons. The number of hydrogen-bond donors (Lipinski definition) is 1. The van der Waals surface area contributed by atoms with Crippen LogP contribution in [0.4, 0.5) is 0 Å². The van der Waals surface area contributed by atoms with Gasteiger partial charge in [0.25, 0.3) is 0 Å². The summed E-state index contributed by atoms with van der Waals surface area (Å²) in [5.74, 6) is 0.887. The normalized spacial score (nSPS) is 29.2. The molecule has 5 heteroatoms. The van der Waals surface area contributed by atoms with Gasteiger partial charge in [0.05, 0.1) is 12.0 Å². The second-order valence-electron chi connectivity index (χ2n) is 6.12. The van der Waals surface area contributed by atoms with E-state index in [-0.39, 0.29) is 5.41 Å². The molecule has 0 aromatic carbocycles. The number of hydrogen-bond acceptors (Lipinski definition) is 3. The maximum Gasteiger partial charge on any atom is 0.230 e. The first-order valence-corrected chi connectivity index (χ1v) is 8.98. The van der Waals surface area contributed by atoms with Crippen LogP contribution in [-0.4, -0.2) is 30.9 Å². The first-order valence-electron chi connectivity index (χ1n) is 7.31. The summed E-state index contributed by atoms with van der Waals surface area (Å²) in [6, 6.07) is 2.11. The zero-order chi connectivity index (χ0) is 14.2. The molecule has 3 nitrogen and oxygen atoms in total. The van der Waals surface area contributed by atoms with E-state index in [4.69, 9.17) is 0 Å². The van der Waals surface area contributed by atoms with Gasteiger partial charge in [0.2, 0.25) is 5.91 Å². The highest BCUT2D eigenvalue weighted by molar-refractivity contribution is 9.10. The highest BCUT2D eigenvalue weighted by atomic mass is 79.9. The van der Waals surface area contributed by atoms with E-state index in [1.54, 1.807) is 11.3 Å². The number of carbonyl (C=O) groups is 1. The number of halogens is 1.